The summed E-state index contributed by atoms with van der Waals surface area (Å²) in [6.45, 7) is 1.09. The van der Waals surface area contributed by atoms with E-state index in [0.29, 0.717) is 17.7 Å². The summed E-state index contributed by atoms with van der Waals surface area (Å²) in [7, 11) is 1.18. The van der Waals surface area contributed by atoms with Gasteiger partial charge in [-0.05, 0) is 49.1 Å². The van der Waals surface area contributed by atoms with Crippen LogP contribution in [0, 0.1) is 0 Å². The summed E-state index contributed by atoms with van der Waals surface area (Å²) in [6, 6.07) is 10.2. The molecule has 216 valence electrons. The summed E-state index contributed by atoms with van der Waals surface area (Å²) in [4.78, 5) is 25.3. The second kappa shape index (κ2) is 10.7. The molecule has 1 aromatic heterocycles. The van der Waals surface area contributed by atoms with E-state index in [-0.39, 0.29) is 37.6 Å². The van der Waals surface area contributed by atoms with Gasteiger partial charge in [0.2, 0.25) is 0 Å². The number of nitrogens with zero attached hydrogens (tertiary/aromatic N) is 2. The predicted molar refractivity (Wildman–Crippen MR) is 129 cm³/mol. The van der Waals surface area contributed by atoms with Gasteiger partial charge in [0.15, 0.2) is 5.54 Å². The molecule has 1 aliphatic rings. The van der Waals surface area contributed by atoms with E-state index < -0.39 is 52.3 Å². The Hall–Kier alpha value is -3.65. The van der Waals surface area contributed by atoms with Gasteiger partial charge >= 0.3 is 24.0 Å². The van der Waals surface area contributed by atoms with Crippen LogP contribution >= 0.6 is 0 Å². The quantitative estimate of drug-likeness (QED) is 0.319. The first kappa shape index (κ1) is 29.3. The van der Waals surface area contributed by atoms with E-state index in [4.69, 9.17) is 9.47 Å². The lowest BCUT2D eigenvalue weighted by Gasteiger charge is -2.46. The maximum absolute atomic E-state index is 13.4. The number of carbonyl (C=O) groups is 1. The summed E-state index contributed by atoms with van der Waals surface area (Å²) in [5, 5.41) is 9.21. The number of ether oxygens (including phenoxy) is 2. The Morgan fingerprint density at radius 1 is 1.05 bits per heavy atom. The third-order valence-corrected chi connectivity index (χ3v) is 7.25. The minimum Gasteiger partial charge on any atom is -0.467 e. The van der Waals surface area contributed by atoms with Gasteiger partial charge in [-0.15, -0.1) is 0 Å². The molecule has 40 heavy (non-hydrogen) atoms. The van der Waals surface area contributed by atoms with Crippen LogP contribution in [0.4, 0.5) is 26.3 Å². The number of nitrogens with one attached hydrogen (secondary N) is 2. The number of aromatic amines is 1. The van der Waals surface area contributed by atoms with Gasteiger partial charge in [0.1, 0.15) is 6.33 Å². The van der Waals surface area contributed by atoms with E-state index in [1.165, 1.54) is 20.4 Å². The second-order valence-corrected chi connectivity index (χ2v) is 9.65. The van der Waals surface area contributed by atoms with Crippen molar-refractivity contribution in [3.8, 4) is 0 Å². The third-order valence-electron chi connectivity index (χ3n) is 7.25. The molecule has 2 N–H and O–H groups in total. The molecule has 0 spiro atoms. The van der Waals surface area contributed by atoms with Crippen molar-refractivity contribution in [3.63, 3.8) is 0 Å². The molecule has 0 saturated carbocycles. The van der Waals surface area contributed by atoms with Gasteiger partial charge in [0.05, 0.1) is 36.5 Å². The highest BCUT2D eigenvalue weighted by Crippen LogP contribution is 2.41. The van der Waals surface area contributed by atoms with Crippen LogP contribution in [-0.2, 0) is 37.7 Å². The zero-order valence-corrected chi connectivity index (χ0v) is 21.4. The summed E-state index contributed by atoms with van der Waals surface area (Å²) in [5.74, 6) is -0.692. The Labute approximate surface area is 224 Å². The first-order chi connectivity index (χ1) is 18.7. The number of methoxy groups -OCH3 is 1. The highest BCUT2D eigenvalue weighted by atomic mass is 19.4. The minimum atomic E-state index is -4.99. The molecular weight excluding hydrogens is 546 g/mol. The van der Waals surface area contributed by atoms with Crippen molar-refractivity contribution in [2.75, 3.05) is 20.3 Å². The van der Waals surface area contributed by atoms with E-state index >= 15 is 0 Å². The van der Waals surface area contributed by atoms with Gasteiger partial charge < -0.3 is 14.8 Å². The lowest BCUT2D eigenvalue weighted by atomic mass is 9.76. The predicted octanol–water partition coefficient (Wildman–Crippen LogP) is 4.53. The largest absolute Gasteiger partial charge is 0.467 e. The van der Waals surface area contributed by atoms with Crippen LogP contribution in [0.5, 0.6) is 0 Å². The normalized spacial score (nSPS) is 22.6. The molecule has 2 heterocycles. The van der Waals surface area contributed by atoms with E-state index in [9.17, 15) is 35.9 Å². The van der Waals surface area contributed by atoms with Gasteiger partial charge in [-0.1, -0.05) is 30.3 Å². The number of rotatable bonds is 7. The molecule has 8 nitrogen and oxygen atoms in total. The van der Waals surface area contributed by atoms with Gasteiger partial charge in [-0.25, -0.2) is 14.7 Å². The molecule has 3 aromatic rings. The van der Waals surface area contributed by atoms with Crippen molar-refractivity contribution in [2.24, 2.45) is 0 Å². The van der Waals surface area contributed by atoms with Crippen molar-refractivity contribution < 1.29 is 40.6 Å². The second-order valence-electron chi connectivity index (χ2n) is 9.65. The van der Waals surface area contributed by atoms with Crippen molar-refractivity contribution in [3.05, 3.63) is 87.6 Å². The topological polar surface area (TPSA) is 98.2 Å². The molecule has 0 bridgehead atoms. The Kier molecular flexibility index (Phi) is 7.87. The molecule has 3 atom stereocenters. The Bertz CT molecular complexity index is 1360. The fourth-order valence-corrected chi connectivity index (χ4v) is 4.92. The molecule has 1 saturated heterocycles. The van der Waals surface area contributed by atoms with Crippen LogP contribution in [0.3, 0.4) is 0 Å². The number of carbonyl (C=O) groups excluding carboxylic acids is 1. The van der Waals surface area contributed by atoms with Crippen molar-refractivity contribution >= 4 is 5.97 Å². The van der Waals surface area contributed by atoms with Crippen molar-refractivity contribution in [1.82, 2.24) is 20.1 Å². The number of alkyl halides is 6. The van der Waals surface area contributed by atoms with Gasteiger partial charge in [-0.3, -0.25) is 4.57 Å². The van der Waals surface area contributed by atoms with Crippen molar-refractivity contribution in [2.45, 2.75) is 49.3 Å². The molecule has 14 heteroatoms. The lowest BCUT2D eigenvalue weighted by molar-refractivity contribution is -0.154. The van der Waals surface area contributed by atoms with E-state index in [0.717, 1.165) is 4.57 Å². The first-order valence-corrected chi connectivity index (χ1v) is 12.1. The van der Waals surface area contributed by atoms with Crippen LogP contribution in [0.15, 0.2) is 59.7 Å². The first-order valence-electron chi connectivity index (χ1n) is 12.1. The fourth-order valence-electron chi connectivity index (χ4n) is 4.92. The fraction of sp³-hybridized carbons (Fsp3) is 0.423. The average molecular weight is 573 g/mol. The average Bonchev–Trinajstić information content (AvgIpc) is 3.37. The third kappa shape index (κ3) is 5.63. The van der Waals surface area contributed by atoms with Crippen LogP contribution in [0.1, 0.15) is 48.1 Å². The van der Waals surface area contributed by atoms with Crippen LogP contribution in [0.25, 0.3) is 0 Å². The summed E-state index contributed by atoms with van der Waals surface area (Å²) in [5.41, 5.74) is -5.55. The molecule has 0 radical (unpaired) electrons. The number of benzene rings is 2. The van der Waals surface area contributed by atoms with Crippen LogP contribution in [0.2, 0.25) is 0 Å². The number of H-pyrrole nitrogens is 1. The van der Waals surface area contributed by atoms with E-state index in [1.54, 1.807) is 30.3 Å². The number of esters is 1. The zero-order valence-electron chi connectivity index (χ0n) is 21.4. The summed E-state index contributed by atoms with van der Waals surface area (Å²) >= 11 is 0. The smallest absolute Gasteiger partial charge is 0.416 e. The maximum Gasteiger partial charge on any atom is 0.416 e. The monoisotopic (exact) mass is 572 g/mol. The van der Waals surface area contributed by atoms with Gasteiger partial charge in [0.25, 0.3) is 0 Å². The summed E-state index contributed by atoms with van der Waals surface area (Å²) in [6.07, 6.45) is -9.69. The molecule has 1 fully saturated rings. The lowest BCUT2D eigenvalue weighted by Crippen LogP contribution is -2.63. The number of halogens is 6. The number of hydrogen-bond donors (Lipinski definition) is 2. The molecule has 0 amide bonds. The Balaban J connectivity index is 1.65. The Morgan fingerprint density at radius 3 is 2.15 bits per heavy atom. The number of piperidine rings is 1. The standard InChI is InChI=1S/C26H26F6N4O4/c1-16(17-10-19(25(27,28)29)12-20(11-17)26(30,31)32)40-14-23(18-6-4-3-5-7-18)8-9-24(13-33-23,21(37)39-2)36-15-34-35-22(36)38/h3-7,10-12,15-16,33H,8-9,13-14H2,1-2H3,(H,35,38)/t16-,23-,24+/m1/s1. The zero-order chi connectivity index (χ0) is 29.3. The highest BCUT2D eigenvalue weighted by molar-refractivity contribution is 5.79. The van der Waals surface area contributed by atoms with E-state index in [1.807, 2.05) is 0 Å². The van der Waals surface area contributed by atoms with Crippen LogP contribution in [-0.4, -0.2) is 41.0 Å². The van der Waals surface area contributed by atoms with Gasteiger partial charge in [-0.2, -0.15) is 31.4 Å². The molecule has 1 aliphatic heterocycles. The summed E-state index contributed by atoms with van der Waals surface area (Å²) < 4.78 is 92.3. The number of hydrogen-bond acceptors (Lipinski definition) is 6. The molecule has 4 rings (SSSR count). The molecule has 0 aliphatic carbocycles. The van der Waals surface area contributed by atoms with Crippen molar-refractivity contribution in [1.29, 1.82) is 0 Å². The SMILES string of the molecule is COC(=O)[C@]1(n2cn[nH]c2=O)CC[C@@](CO[C@H](C)c2cc(C(F)(F)F)cc(C(F)(F)F)c2)(c2ccccc2)NC1. The minimum absolute atomic E-state index is 0.0641. The Morgan fingerprint density at radius 2 is 1.68 bits per heavy atom. The highest BCUT2D eigenvalue weighted by Gasteiger charge is 2.51. The maximum atomic E-state index is 13.4. The van der Waals surface area contributed by atoms with Crippen LogP contribution < -0.4 is 11.0 Å². The van der Waals surface area contributed by atoms with E-state index in [2.05, 4.69) is 15.5 Å². The van der Waals surface area contributed by atoms with Gasteiger partial charge in [0, 0.05) is 6.54 Å². The number of aromatic nitrogens is 3. The molecule has 2 aromatic carbocycles. The molecular formula is C26H26F6N4O4. The molecule has 0 unspecified atom stereocenters.